The fraction of sp³-hybridized carbons (Fsp3) is 0.833. The lowest BCUT2D eigenvalue weighted by molar-refractivity contribution is -0.179. The quantitative estimate of drug-likeness (QED) is 0.215. The minimum Gasteiger partial charge on any atom is -0.428 e. The van der Waals surface area contributed by atoms with Crippen molar-refractivity contribution in [1.82, 2.24) is 0 Å². The molecule has 0 heterocycles. The molecule has 2 atom stereocenters. The molecule has 0 amide bonds. The van der Waals surface area contributed by atoms with Crippen LogP contribution in [0.1, 0.15) is 106 Å². The molecular formula is C24H42O8. The summed E-state index contributed by atoms with van der Waals surface area (Å²) in [6.45, 7) is 9.91. The van der Waals surface area contributed by atoms with Crippen LogP contribution in [0.3, 0.4) is 0 Å². The van der Waals surface area contributed by atoms with Crippen molar-refractivity contribution in [3.8, 4) is 0 Å². The lowest BCUT2D eigenvalue weighted by atomic mass is 9.90. The van der Waals surface area contributed by atoms with Gasteiger partial charge in [-0.05, 0) is 12.8 Å². The summed E-state index contributed by atoms with van der Waals surface area (Å²) < 4.78 is 9.56. The van der Waals surface area contributed by atoms with Crippen molar-refractivity contribution in [2.45, 2.75) is 118 Å². The molecule has 2 unspecified atom stereocenters. The molecular weight excluding hydrogens is 416 g/mol. The molecule has 8 nitrogen and oxygen atoms in total. The first-order valence-electron chi connectivity index (χ1n) is 11.5. The molecule has 0 aromatic rings. The second kappa shape index (κ2) is 14.4. The van der Waals surface area contributed by atoms with Crippen molar-refractivity contribution >= 4 is 23.5 Å². The second-order valence-corrected chi connectivity index (χ2v) is 10.2. The molecule has 0 radical (unpaired) electrons. The molecule has 0 aromatic heterocycles. The topological polar surface area (TPSA) is 127 Å². The summed E-state index contributed by atoms with van der Waals surface area (Å²) in [6, 6.07) is 0. The fourth-order valence-corrected chi connectivity index (χ4v) is 2.81. The summed E-state index contributed by atoms with van der Waals surface area (Å²) >= 11 is 0. The zero-order chi connectivity index (χ0) is 24.9. The summed E-state index contributed by atoms with van der Waals surface area (Å²) in [7, 11) is 0. The third kappa shape index (κ3) is 13.6. The highest BCUT2D eigenvalue weighted by Gasteiger charge is 2.31. The van der Waals surface area contributed by atoms with Crippen molar-refractivity contribution in [2.24, 2.45) is 10.8 Å². The van der Waals surface area contributed by atoms with E-state index in [9.17, 15) is 29.4 Å². The smallest absolute Gasteiger partial charge is 0.308 e. The van der Waals surface area contributed by atoms with Crippen molar-refractivity contribution in [2.75, 3.05) is 0 Å². The van der Waals surface area contributed by atoms with E-state index in [1.54, 1.807) is 41.5 Å². The van der Waals surface area contributed by atoms with Gasteiger partial charge in [0.1, 0.15) is 0 Å². The molecule has 0 aliphatic heterocycles. The van der Waals surface area contributed by atoms with Crippen LogP contribution in [-0.4, -0.2) is 46.3 Å². The predicted octanol–water partition coefficient (Wildman–Crippen LogP) is 3.84. The predicted molar refractivity (Wildman–Crippen MR) is 119 cm³/mol. The van der Waals surface area contributed by atoms with Gasteiger partial charge in [0.15, 0.2) is 0 Å². The van der Waals surface area contributed by atoms with Gasteiger partial charge in [-0.1, -0.05) is 80.1 Å². The van der Waals surface area contributed by atoms with Gasteiger partial charge in [0.25, 0.3) is 12.6 Å². The Labute approximate surface area is 192 Å². The Morgan fingerprint density at radius 2 is 0.812 bits per heavy atom. The molecule has 0 bridgehead atoms. The number of esters is 2. The number of Topliss-reactive ketones (excluding diaryl/α,β-unsaturated/α-hetero) is 2. The van der Waals surface area contributed by atoms with Crippen LogP contribution in [0, 0.1) is 10.8 Å². The van der Waals surface area contributed by atoms with Crippen molar-refractivity contribution in [3.05, 3.63) is 0 Å². The van der Waals surface area contributed by atoms with E-state index in [1.807, 2.05) is 0 Å². The van der Waals surface area contributed by atoms with E-state index in [1.165, 1.54) is 0 Å². The zero-order valence-electron chi connectivity index (χ0n) is 20.6. The van der Waals surface area contributed by atoms with Crippen LogP contribution in [0.2, 0.25) is 0 Å². The van der Waals surface area contributed by atoms with Crippen LogP contribution in [-0.2, 0) is 28.7 Å². The molecule has 0 saturated heterocycles. The zero-order valence-corrected chi connectivity index (χ0v) is 20.6. The summed E-state index contributed by atoms with van der Waals surface area (Å²) in [4.78, 5) is 47.0. The standard InChI is InChI=1S/C24H42O8/c1-23(2,3)19(27)21(29)31-17(25)15-13-11-9-7-8-10-12-14-16-18(26)32-22(30)20(28)24(4,5)6/h21-22,29-30H,7-16H2,1-6H3. The number of hydrogen-bond acceptors (Lipinski definition) is 8. The Bertz CT molecular complexity index is 558. The Balaban J connectivity index is 3.71. The summed E-state index contributed by atoms with van der Waals surface area (Å²) in [5.41, 5.74) is -1.54. The number of carbonyl (C=O) groups excluding carboxylic acids is 4. The number of ketones is 2. The van der Waals surface area contributed by atoms with Gasteiger partial charge in [0.2, 0.25) is 11.6 Å². The first kappa shape index (κ1) is 30.2. The first-order valence-corrected chi connectivity index (χ1v) is 11.5. The number of aliphatic hydroxyl groups is 2. The molecule has 8 heteroatoms. The molecule has 0 spiro atoms. The van der Waals surface area contributed by atoms with Gasteiger partial charge in [0.05, 0.1) is 0 Å². The highest BCUT2D eigenvalue weighted by Crippen LogP contribution is 2.19. The Hall–Kier alpha value is -1.80. The molecule has 32 heavy (non-hydrogen) atoms. The molecule has 0 aliphatic carbocycles. The molecule has 0 aromatic carbocycles. The molecule has 2 N–H and O–H groups in total. The average Bonchev–Trinajstić information content (AvgIpc) is 2.66. The average molecular weight is 459 g/mol. The fourth-order valence-electron chi connectivity index (χ4n) is 2.81. The molecule has 0 fully saturated rings. The Morgan fingerprint density at radius 3 is 1.06 bits per heavy atom. The van der Waals surface area contributed by atoms with E-state index in [0.717, 1.165) is 38.5 Å². The summed E-state index contributed by atoms with van der Waals surface area (Å²) in [6.07, 6.45) is 3.82. The van der Waals surface area contributed by atoms with Crippen LogP contribution < -0.4 is 0 Å². The highest BCUT2D eigenvalue weighted by atomic mass is 16.6. The Kier molecular flexibility index (Phi) is 13.6. The maximum absolute atomic E-state index is 11.8. The van der Waals surface area contributed by atoms with Crippen LogP contribution in [0.5, 0.6) is 0 Å². The number of rotatable bonds is 15. The SMILES string of the molecule is CC(C)(C)C(=O)C(O)OC(=O)CCCCCCCCCCC(=O)OC(O)C(=O)C(C)(C)C. The van der Waals surface area contributed by atoms with Gasteiger partial charge >= 0.3 is 11.9 Å². The largest absolute Gasteiger partial charge is 0.428 e. The summed E-state index contributed by atoms with van der Waals surface area (Å²) in [5, 5.41) is 19.3. The van der Waals surface area contributed by atoms with Gasteiger partial charge in [-0.15, -0.1) is 0 Å². The first-order chi connectivity index (χ1) is 14.7. The summed E-state index contributed by atoms with van der Waals surface area (Å²) in [5.74, 6) is -2.19. The monoisotopic (exact) mass is 458 g/mol. The van der Waals surface area contributed by atoms with Crippen LogP contribution >= 0.6 is 0 Å². The van der Waals surface area contributed by atoms with E-state index in [2.05, 4.69) is 0 Å². The third-order valence-corrected chi connectivity index (χ3v) is 4.92. The van der Waals surface area contributed by atoms with Crippen LogP contribution in [0.25, 0.3) is 0 Å². The molecule has 0 saturated carbocycles. The molecule has 186 valence electrons. The third-order valence-electron chi connectivity index (χ3n) is 4.92. The van der Waals surface area contributed by atoms with Crippen molar-refractivity contribution in [3.63, 3.8) is 0 Å². The van der Waals surface area contributed by atoms with Gasteiger partial charge in [0, 0.05) is 23.7 Å². The Morgan fingerprint density at radius 1 is 0.562 bits per heavy atom. The minimum atomic E-state index is -1.71. The highest BCUT2D eigenvalue weighted by molar-refractivity contribution is 5.88. The van der Waals surface area contributed by atoms with Gasteiger partial charge in [-0.3, -0.25) is 19.2 Å². The van der Waals surface area contributed by atoms with E-state index in [4.69, 9.17) is 9.47 Å². The second-order valence-electron chi connectivity index (χ2n) is 10.2. The lowest BCUT2D eigenvalue weighted by Crippen LogP contribution is -2.35. The number of carbonyl (C=O) groups is 4. The van der Waals surface area contributed by atoms with Crippen LogP contribution in [0.4, 0.5) is 0 Å². The van der Waals surface area contributed by atoms with Crippen molar-refractivity contribution in [1.29, 1.82) is 0 Å². The molecule has 0 rings (SSSR count). The van der Waals surface area contributed by atoms with E-state index in [0.29, 0.717) is 12.8 Å². The van der Waals surface area contributed by atoms with Gasteiger partial charge < -0.3 is 19.7 Å². The normalized spacial score (nSPS) is 13.9. The number of unbranched alkanes of at least 4 members (excludes halogenated alkanes) is 7. The lowest BCUT2D eigenvalue weighted by Gasteiger charge is -2.20. The van der Waals surface area contributed by atoms with E-state index < -0.39 is 46.9 Å². The van der Waals surface area contributed by atoms with E-state index in [-0.39, 0.29) is 12.8 Å². The number of aliphatic hydroxyl groups excluding tert-OH is 2. The molecule has 0 aliphatic rings. The number of hydrogen-bond donors (Lipinski definition) is 2. The number of ether oxygens (including phenoxy) is 2. The minimum absolute atomic E-state index is 0.167. The van der Waals surface area contributed by atoms with Gasteiger partial charge in [-0.25, -0.2) is 0 Å². The maximum atomic E-state index is 11.8. The van der Waals surface area contributed by atoms with Crippen LogP contribution in [0.15, 0.2) is 0 Å². The maximum Gasteiger partial charge on any atom is 0.308 e. The van der Waals surface area contributed by atoms with E-state index >= 15 is 0 Å². The van der Waals surface area contributed by atoms with Gasteiger partial charge in [-0.2, -0.15) is 0 Å². The van der Waals surface area contributed by atoms with Crippen molar-refractivity contribution < 1.29 is 38.9 Å².